The molecule has 12 heteroatoms. The van der Waals surface area contributed by atoms with Crippen LogP contribution in [0.5, 0.6) is 0 Å². The Balaban J connectivity index is 1.87. The van der Waals surface area contributed by atoms with Crippen molar-refractivity contribution >= 4 is 0 Å². The van der Waals surface area contributed by atoms with Crippen molar-refractivity contribution in [1.29, 1.82) is 0 Å². The SMILES string of the molecule is Fc1c(F)c(F)c(C2C(c3ccncc3)C(c3ccncc3)C2c2c(F)c(F)c(F)c(F)c2F)c(F)c1F. The molecule has 1 saturated carbocycles. The molecule has 0 aliphatic heterocycles. The molecule has 4 aromatic rings. The first-order valence-electron chi connectivity index (χ1n) is 10.9. The molecule has 1 aliphatic rings. The Morgan fingerprint density at radius 3 is 0.842 bits per heavy atom. The quantitative estimate of drug-likeness (QED) is 0.154. The van der Waals surface area contributed by atoms with Crippen molar-refractivity contribution in [3.8, 4) is 0 Å². The van der Waals surface area contributed by atoms with E-state index in [0.29, 0.717) is 0 Å². The van der Waals surface area contributed by atoms with Gasteiger partial charge in [0, 0.05) is 47.8 Å². The number of benzene rings is 2. The smallest absolute Gasteiger partial charge is 0.200 e. The predicted molar refractivity (Wildman–Crippen MR) is 112 cm³/mol. The van der Waals surface area contributed by atoms with Crippen LogP contribution in [0, 0.1) is 58.2 Å². The lowest BCUT2D eigenvalue weighted by Gasteiger charge is -2.53. The summed E-state index contributed by atoms with van der Waals surface area (Å²) < 4.78 is 145. The van der Waals surface area contributed by atoms with E-state index >= 15 is 17.6 Å². The number of nitrogens with zero attached hydrogens (tertiary/aromatic N) is 2. The maximum absolute atomic E-state index is 15.1. The zero-order valence-corrected chi connectivity index (χ0v) is 18.6. The van der Waals surface area contributed by atoms with E-state index in [1.54, 1.807) is 0 Å². The molecule has 38 heavy (non-hydrogen) atoms. The second kappa shape index (κ2) is 9.41. The van der Waals surface area contributed by atoms with Gasteiger partial charge in [-0.3, -0.25) is 9.97 Å². The van der Waals surface area contributed by atoms with E-state index < -0.39 is 93.0 Å². The molecule has 4 atom stereocenters. The van der Waals surface area contributed by atoms with Crippen LogP contribution in [-0.2, 0) is 0 Å². The van der Waals surface area contributed by atoms with Crippen molar-refractivity contribution in [2.45, 2.75) is 23.7 Å². The average Bonchev–Trinajstić information content (AvgIpc) is 2.93. The maximum Gasteiger partial charge on any atom is 0.200 e. The minimum absolute atomic E-state index is 0.205. The highest BCUT2D eigenvalue weighted by Gasteiger charge is 2.57. The van der Waals surface area contributed by atoms with E-state index in [2.05, 4.69) is 9.97 Å². The highest BCUT2D eigenvalue weighted by atomic mass is 19.2. The van der Waals surface area contributed by atoms with Gasteiger partial charge >= 0.3 is 0 Å². The standard InChI is InChI=1S/C26H12F10N2/c27-17-15(18(28)22(32)25(35)21(17)31)13-11(9-1-5-37-6-2-9)12(10-3-7-38-8-4-10)14(13)16-19(29)23(33)26(36)24(34)20(16)30/h1-8,11-14H. The molecule has 1 aliphatic carbocycles. The fourth-order valence-corrected chi connectivity index (χ4v) is 5.30. The Morgan fingerprint density at radius 2 is 0.579 bits per heavy atom. The summed E-state index contributed by atoms with van der Waals surface area (Å²) in [5.41, 5.74) is -2.48. The number of hydrogen-bond acceptors (Lipinski definition) is 2. The van der Waals surface area contributed by atoms with Gasteiger partial charge in [0.2, 0.25) is 11.6 Å². The molecule has 0 amide bonds. The minimum Gasteiger partial charge on any atom is -0.265 e. The fourth-order valence-electron chi connectivity index (χ4n) is 5.30. The van der Waals surface area contributed by atoms with Crippen molar-refractivity contribution in [3.63, 3.8) is 0 Å². The van der Waals surface area contributed by atoms with Gasteiger partial charge in [-0.1, -0.05) is 0 Å². The summed E-state index contributed by atoms with van der Waals surface area (Å²) in [4.78, 5) is 7.61. The van der Waals surface area contributed by atoms with Gasteiger partial charge in [0.25, 0.3) is 0 Å². The van der Waals surface area contributed by atoms with Gasteiger partial charge in [-0.2, -0.15) is 0 Å². The van der Waals surface area contributed by atoms with Crippen LogP contribution in [0.15, 0.2) is 49.1 Å². The first-order valence-corrected chi connectivity index (χ1v) is 10.9. The van der Waals surface area contributed by atoms with Gasteiger partial charge in [0.1, 0.15) is 0 Å². The molecule has 0 N–H and O–H groups in total. The highest BCUT2D eigenvalue weighted by Crippen LogP contribution is 2.67. The predicted octanol–water partition coefficient (Wildman–Crippen LogP) is 7.32. The summed E-state index contributed by atoms with van der Waals surface area (Å²) in [6, 6.07) is 5.36. The number of rotatable bonds is 4. The molecule has 0 bridgehead atoms. The normalized spacial score (nSPS) is 20.9. The third-order valence-electron chi connectivity index (χ3n) is 6.88. The topological polar surface area (TPSA) is 25.8 Å². The summed E-state index contributed by atoms with van der Waals surface area (Å²) >= 11 is 0. The first-order chi connectivity index (χ1) is 18.1. The van der Waals surface area contributed by atoms with Crippen LogP contribution in [0.1, 0.15) is 45.9 Å². The summed E-state index contributed by atoms with van der Waals surface area (Å²) in [5, 5.41) is 0. The lowest BCUT2D eigenvalue weighted by atomic mass is 9.49. The van der Waals surface area contributed by atoms with E-state index in [-0.39, 0.29) is 11.1 Å². The molecule has 4 unspecified atom stereocenters. The molecule has 2 aromatic carbocycles. The van der Waals surface area contributed by atoms with Crippen molar-refractivity contribution in [3.05, 3.63) is 129 Å². The van der Waals surface area contributed by atoms with Crippen molar-refractivity contribution in [2.75, 3.05) is 0 Å². The molecule has 0 saturated heterocycles. The number of hydrogen-bond donors (Lipinski definition) is 0. The molecule has 5 rings (SSSR count). The van der Waals surface area contributed by atoms with Crippen LogP contribution in [-0.4, -0.2) is 9.97 Å². The molecule has 0 spiro atoms. The van der Waals surface area contributed by atoms with E-state index in [1.165, 1.54) is 49.1 Å². The lowest BCUT2D eigenvalue weighted by molar-refractivity contribution is 0.198. The largest absolute Gasteiger partial charge is 0.265 e. The monoisotopic (exact) mass is 542 g/mol. The Bertz CT molecular complexity index is 1370. The van der Waals surface area contributed by atoms with Gasteiger partial charge in [-0.05, 0) is 47.2 Å². The van der Waals surface area contributed by atoms with Crippen LogP contribution < -0.4 is 0 Å². The van der Waals surface area contributed by atoms with E-state index in [1.807, 2.05) is 0 Å². The van der Waals surface area contributed by atoms with Crippen LogP contribution in [0.4, 0.5) is 43.9 Å². The van der Waals surface area contributed by atoms with Gasteiger partial charge in [-0.15, -0.1) is 0 Å². The molecule has 0 radical (unpaired) electrons. The first kappa shape index (κ1) is 25.7. The molecular formula is C26H12F10N2. The summed E-state index contributed by atoms with van der Waals surface area (Å²) in [5.74, 6) is -29.8. The van der Waals surface area contributed by atoms with Crippen LogP contribution in [0.3, 0.4) is 0 Å². The number of aromatic nitrogens is 2. The van der Waals surface area contributed by atoms with Gasteiger partial charge in [-0.25, -0.2) is 43.9 Å². The Kier molecular flexibility index (Phi) is 6.36. The van der Waals surface area contributed by atoms with Gasteiger partial charge in [0.05, 0.1) is 0 Å². The second-order valence-electron chi connectivity index (χ2n) is 8.63. The Morgan fingerprint density at radius 1 is 0.342 bits per heavy atom. The second-order valence-corrected chi connectivity index (χ2v) is 8.63. The summed E-state index contributed by atoms with van der Waals surface area (Å²) in [6.07, 6.45) is 5.00. The van der Waals surface area contributed by atoms with Gasteiger partial charge in [0.15, 0.2) is 46.5 Å². The third kappa shape index (κ3) is 3.64. The van der Waals surface area contributed by atoms with E-state index in [4.69, 9.17) is 0 Å². The third-order valence-corrected chi connectivity index (χ3v) is 6.88. The fraction of sp³-hybridized carbons (Fsp3) is 0.154. The van der Waals surface area contributed by atoms with Crippen molar-refractivity contribution in [2.24, 2.45) is 0 Å². The maximum atomic E-state index is 15.1. The van der Waals surface area contributed by atoms with E-state index in [9.17, 15) is 26.3 Å². The summed E-state index contributed by atoms with van der Waals surface area (Å²) in [6.45, 7) is 0. The zero-order valence-electron chi connectivity index (χ0n) is 18.6. The molecule has 2 aromatic heterocycles. The average molecular weight is 542 g/mol. The lowest BCUT2D eigenvalue weighted by Crippen LogP contribution is -2.42. The van der Waals surface area contributed by atoms with Crippen LogP contribution in [0.25, 0.3) is 0 Å². The molecule has 2 nitrogen and oxygen atoms in total. The van der Waals surface area contributed by atoms with Crippen LogP contribution in [0.2, 0.25) is 0 Å². The van der Waals surface area contributed by atoms with E-state index in [0.717, 1.165) is 0 Å². The summed E-state index contributed by atoms with van der Waals surface area (Å²) in [7, 11) is 0. The Hall–Kier alpha value is -3.96. The highest BCUT2D eigenvalue weighted by molar-refractivity contribution is 5.49. The Labute approximate surface area is 207 Å². The molecular weight excluding hydrogens is 530 g/mol. The molecule has 1 fully saturated rings. The van der Waals surface area contributed by atoms with Gasteiger partial charge < -0.3 is 0 Å². The minimum atomic E-state index is -2.47. The van der Waals surface area contributed by atoms with Crippen molar-refractivity contribution in [1.82, 2.24) is 9.97 Å². The zero-order chi connectivity index (χ0) is 27.5. The molecule has 196 valence electrons. The van der Waals surface area contributed by atoms with Crippen molar-refractivity contribution < 1.29 is 43.9 Å². The number of pyridine rings is 2. The number of halogens is 10. The van der Waals surface area contributed by atoms with Crippen LogP contribution >= 0.6 is 0 Å². The molecule has 2 heterocycles.